The number of hydrogen-bond donors (Lipinski definition) is 3. The molecule has 1 unspecified atom stereocenters. The monoisotopic (exact) mass is 369 g/mol. The lowest BCUT2D eigenvalue weighted by Crippen LogP contribution is -2.35. The summed E-state index contributed by atoms with van der Waals surface area (Å²) in [6.07, 6.45) is 0.855. The van der Waals surface area contributed by atoms with Crippen molar-refractivity contribution in [2.45, 2.75) is 34.1 Å². The van der Waals surface area contributed by atoms with Gasteiger partial charge in [0, 0.05) is 11.0 Å². The zero-order valence-corrected chi connectivity index (χ0v) is 15.5. The second-order valence-corrected chi connectivity index (χ2v) is 7.52. The molecular weight excluding hydrogens is 342 g/mol. The van der Waals surface area contributed by atoms with E-state index < -0.39 is 0 Å². The third-order valence-corrected chi connectivity index (χ3v) is 3.83. The molecule has 1 aromatic rings. The lowest BCUT2D eigenvalue weighted by Gasteiger charge is -2.20. The number of amides is 1. The first-order chi connectivity index (χ1) is 10.3. The normalized spacial score (nSPS) is 12.7. The summed E-state index contributed by atoms with van der Waals surface area (Å²) in [4.78, 5) is 12.5. The third-order valence-electron chi connectivity index (χ3n) is 3.34. The van der Waals surface area contributed by atoms with Crippen molar-refractivity contribution in [2.75, 3.05) is 24.1 Å². The molecule has 0 aromatic heterocycles. The Balaban J connectivity index is 2.69. The van der Waals surface area contributed by atoms with Crippen LogP contribution in [0.25, 0.3) is 0 Å². The number of nitrogen functional groups attached to an aromatic ring is 1. The van der Waals surface area contributed by atoms with Crippen LogP contribution in [0.5, 0.6) is 0 Å². The molecule has 1 amide bonds. The van der Waals surface area contributed by atoms with Gasteiger partial charge in [0.05, 0.1) is 17.3 Å². The van der Waals surface area contributed by atoms with E-state index in [9.17, 15) is 4.79 Å². The number of hydrogen-bond acceptors (Lipinski definition) is 3. The first-order valence-electron chi connectivity index (χ1n) is 7.86. The van der Waals surface area contributed by atoms with E-state index in [1.165, 1.54) is 0 Å². The molecule has 0 aliphatic rings. The molecule has 0 spiro atoms. The third kappa shape index (κ3) is 6.79. The largest absolute Gasteiger partial charge is 0.397 e. The predicted octanol–water partition coefficient (Wildman–Crippen LogP) is 3.88. The molecule has 1 atom stereocenters. The standard InChI is InChI=1S/C17H28BrN3O/c1-11(2)7-13(10-20-9-12(3)4)17(22)21-16-6-5-14(18)8-15(16)19/h5-6,8,11-13,20H,7,9-10,19H2,1-4H3,(H,21,22). The van der Waals surface area contributed by atoms with Gasteiger partial charge in [-0.05, 0) is 43.0 Å². The Morgan fingerprint density at radius 1 is 1.18 bits per heavy atom. The number of carbonyl (C=O) groups excluding carboxylic acids is 1. The maximum absolute atomic E-state index is 12.5. The van der Waals surface area contributed by atoms with Crippen molar-refractivity contribution in [3.05, 3.63) is 22.7 Å². The summed E-state index contributed by atoms with van der Waals surface area (Å²) in [7, 11) is 0. The summed E-state index contributed by atoms with van der Waals surface area (Å²) in [5.41, 5.74) is 7.19. The van der Waals surface area contributed by atoms with E-state index in [0.717, 1.165) is 17.4 Å². The second-order valence-electron chi connectivity index (χ2n) is 6.60. The fourth-order valence-corrected chi connectivity index (χ4v) is 2.66. The van der Waals surface area contributed by atoms with E-state index in [1.807, 2.05) is 12.1 Å². The number of benzene rings is 1. The van der Waals surface area contributed by atoms with Crippen LogP contribution in [-0.4, -0.2) is 19.0 Å². The van der Waals surface area contributed by atoms with Gasteiger partial charge < -0.3 is 16.4 Å². The van der Waals surface area contributed by atoms with Gasteiger partial charge >= 0.3 is 0 Å². The minimum atomic E-state index is -0.0539. The first kappa shape index (κ1) is 19.0. The number of rotatable bonds is 8. The Hall–Kier alpha value is -1.07. The van der Waals surface area contributed by atoms with Gasteiger partial charge in [-0.3, -0.25) is 4.79 Å². The van der Waals surface area contributed by atoms with Crippen LogP contribution in [0.2, 0.25) is 0 Å². The maximum Gasteiger partial charge on any atom is 0.228 e. The molecule has 0 aliphatic carbocycles. The van der Waals surface area contributed by atoms with Crippen LogP contribution in [0.15, 0.2) is 22.7 Å². The van der Waals surface area contributed by atoms with Gasteiger partial charge in [0.2, 0.25) is 5.91 Å². The Bertz CT molecular complexity index is 489. The molecule has 1 aromatic carbocycles. The van der Waals surface area contributed by atoms with Gasteiger partial charge in [-0.15, -0.1) is 0 Å². The van der Waals surface area contributed by atoms with Crippen molar-refractivity contribution >= 4 is 33.2 Å². The number of halogens is 1. The van der Waals surface area contributed by atoms with Crippen LogP contribution >= 0.6 is 15.9 Å². The summed E-state index contributed by atoms with van der Waals surface area (Å²) in [6.45, 7) is 10.2. The molecule has 0 saturated heterocycles. The van der Waals surface area contributed by atoms with E-state index in [0.29, 0.717) is 29.8 Å². The van der Waals surface area contributed by atoms with Crippen LogP contribution in [0.3, 0.4) is 0 Å². The molecular formula is C17H28BrN3O. The van der Waals surface area contributed by atoms with Crippen molar-refractivity contribution in [1.82, 2.24) is 5.32 Å². The highest BCUT2D eigenvalue weighted by Gasteiger charge is 2.20. The molecule has 0 saturated carbocycles. The molecule has 4 nitrogen and oxygen atoms in total. The molecule has 4 N–H and O–H groups in total. The smallest absolute Gasteiger partial charge is 0.228 e. The molecule has 0 heterocycles. The Kier molecular flexibility index (Phi) is 7.90. The van der Waals surface area contributed by atoms with Crippen molar-refractivity contribution < 1.29 is 4.79 Å². The fraction of sp³-hybridized carbons (Fsp3) is 0.588. The SMILES string of the molecule is CC(C)CNCC(CC(C)C)C(=O)Nc1ccc(Br)cc1N. The topological polar surface area (TPSA) is 67.2 Å². The van der Waals surface area contributed by atoms with Crippen LogP contribution in [0.4, 0.5) is 11.4 Å². The van der Waals surface area contributed by atoms with Gasteiger partial charge in [0.1, 0.15) is 0 Å². The van der Waals surface area contributed by atoms with Gasteiger partial charge in [-0.2, -0.15) is 0 Å². The highest BCUT2D eigenvalue weighted by molar-refractivity contribution is 9.10. The predicted molar refractivity (Wildman–Crippen MR) is 97.8 cm³/mol. The van der Waals surface area contributed by atoms with E-state index in [-0.39, 0.29) is 11.8 Å². The van der Waals surface area contributed by atoms with Crippen LogP contribution in [0, 0.1) is 17.8 Å². The van der Waals surface area contributed by atoms with Crippen LogP contribution in [-0.2, 0) is 4.79 Å². The van der Waals surface area contributed by atoms with Gasteiger partial charge in [0.25, 0.3) is 0 Å². The molecule has 124 valence electrons. The first-order valence-corrected chi connectivity index (χ1v) is 8.65. The minimum absolute atomic E-state index is 0.0268. The van der Waals surface area contributed by atoms with Gasteiger partial charge in [-0.1, -0.05) is 43.6 Å². The zero-order valence-electron chi connectivity index (χ0n) is 13.9. The summed E-state index contributed by atoms with van der Waals surface area (Å²) >= 11 is 3.37. The highest BCUT2D eigenvalue weighted by atomic mass is 79.9. The molecule has 22 heavy (non-hydrogen) atoms. The highest BCUT2D eigenvalue weighted by Crippen LogP contribution is 2.24. The van der Waals surface area contributed by atoms with Crippen molar-refractivity contribution in [3.63, 3.8) is 0 Å². The average Bonchev–Trinajstić information content (AvgIpc) is 2.40. The van der Waals surface area contributed by atoms with E-state index >= 15 is 0 Å². The number of carbonyl (C=O) groups is 1. The van der Waals surface area contributed by atoms with Crippen molar-refractivity contribution in [1.29, 1.82) is 0 Å². The van der Waals surface area contributed by atoms with E-state index in [4.69, 9.17) is 5.73 Å². The van der Waals surface area contributed by atoms with E-state index in [1.54, 1.807) is 6.07 Å². The lowest BCUT2D eigenvalue weighted by atomic mass is 9.96. The molecule has 0 bridgehead atoms. The quantitative estimate of drug-likeness (QED) is 0.609. The summed E-state index contributed by atoms with van der Waals surface area (Å²) in [5, 5.41) is 6.34. The number of anilines is 2. The molecule has 0 aliphatic heterocycles. The van der Waals surface area contributed by atoms with Crippen molar-refractivity contribution in [2.24, 2.45) is 17.8 Å². The Morgan fingerprint density at radius 3 is 2.41 bits per heavy atom. The molecule has 5 heteroatoms. The van der Waals surface area contributed by atoms with Gasteiger partial charge in [-0.25, -0.2) is 0 Å². The summed E-state index contributed by atoms with van der Waals surface area (Å²) < 4.78 is 0.903. The Labute approximate surface area is 142 Å². The summed E-state index contributed by atoms with van der Waals surface area (Å²) in [5.74, 6) is 1.02. The average molecular weight is 370 g/mol. The lowest BCUT2D eigenvalue weighted by molar-refractivity contribution is -0.120. The van der Waals surface area contributed by atoms with Crippen LogP contribution in [0.1, 0.15) is 34.1 Å². The zero-order chi connectivity index (χ0) is 16.7. The molecule has 1 rings (SSSR count). The fourth-order valence-electron chi connectivity index (χ4n) is 2.28. The van der Waals surface area contributed by atoms with Crippen molar-refractivity contribution in [3.8, 4) is 0 Å². The van der Waals surface area contributed by atoms with Crippen LogP contribution < -0.4 is 16.4 Å². The number of nitrogens with two attached hydrogens (primary N) is 1. The maximum atomic E-state index is 12.5. The van der Waals surface area contributed by atoms with E-state index in [2.05, 4.69) is 54.3 Å². The molecule has 0 radical (unpaired) electrons. The molecule has 0 fully saturated rings. The number of nitrogens with one attached hydrogen (secondary N) is 2. The minimum Gasteiger partial charge on any atom is -0.397 e. The summed E-state index contributed by atoms with van der Waals surface area (Å²) in [6, 6.07) is 5.50. The van der Waals surface area contributed by atoms with Gasteiger partial charge in [0.15, 0.2) is 0 Å². The second kappa shape index (κ2) is 9.16. The Morgan fingerprint density at radius 2 is 1.86 bits per heavy atom.